The van der Waals surface area contributed by atoms with E-state index in [0.29, 0.717) is 0 Å². The van der Waals surface area contributed by atoms with Gasteiger partial charge in [0.2, 0.25) is 0 Å². The highest BCUT2D eigenvalue weighted by Gasteiger charge is 2.33. The second kappa shape index (κ2) is 5.33. The van der Waals surface area contributed by atoms with Crippen LogP contribution in [-0.4, -0.2) is 34.7 Å². The third-order valence-corrected chi connectivity index (χ3v) is 5.54. The second-order valence-electron chi connectivity index (χ2n) is 3.65. The molecule has 1 rings (SSSR count). The van der Waals surface area contributed by atoms with Gasteiger partial charge in [-0.15, -0.1) is 0 Å². The van der Waals surface area contributed by atoms with Gasteiger partial charge in [-0.25, -0.2) is 0 Å². The van der Waals surface area contributed by atoms with Gasteiger partial charge in [-0.2, -0.15) is 0 Å². The zero-order valence-corrected chi connectivity index (χ0v) is 9.99. The van der Waals surface area contributed by atoms with Crippen LogP contribution in [0.3, 0.4) is 0 Å². The van der Waals surface area contributed by atoms with Gasteiger partial charge in [0.05, 0.1) is 0 Å². The largest absolute Gasteiger partial charge is 0.465 e. The van der Waals surface area contributed by atoms with Crippen LogP contribution >= 0.6 is 0 Å². The van der Waals surface area contributed by atoms with Crippen LogP contribution in [-0.2, 0) is 13.3 Å². The maximum Gasteiger partial charge on any atom is 0.465 e. The van der Waals surface area contributed by atoms with Crippen molar-refractivity contribution in [2.75, 3.05) is 14.2 Å². The van der Waals surface area contributed by atoms with Crippen molar-refractivity contribution in [3.63, 3.8) is 0 Å². The van der Waals surface area contributed by atoms with Gasteiger partial charge in [-0.3, -0.25) is 0 Å². The Morgan fingerprint density at radius 3 is 2.00 bits per heavy atom. The Labute approximate surface area is 85.1 Å². The summed E-state index contributed by atoms with van der Waals surface area (Å²) in [5, 5.41) is 2.53. The SMILES string of the molecule is COC(C)(OC)[O][Al]1[CH2]CCC[CH2]1. The molecular formula is C9H19AlO3. The van der Waals surface area contributed by atoms with Gasteiger partial charge in [0, 0.05) is 21.1 Å². The van der Waals surface area contributed by atoms with Crippen LogP contribution in [0.2, 0.25) is 10.6 Å². The number of hydrogen-bond donors (Lipinski definition) is 0. The Hall–Kier alpha value is 0.412. The number of methoxy groups -OCH3 is 2. The van der Waals surface area contributed by atoms with Crippen molar-refractivity contribution in [3.05, 3.63) is 0 Å². The maximum atomic E-state index is 5.87. The van der Waals surface area contributed by atoms with Gasteiger partial charge >= 0.3 is 14.5 Å². The van der Waals surface area contributed by atoms with E-state index in [-0.39, 0.29) is 0 Å². The Morgan fingerprint density at radius 1 is 1.00 bits per heavy atom. The van der Waals surface area contributed by atoms with Crippen molar-refractivity contribution >= 4 is 14.5 Å². The molecule has 0 aromatic rings. The molecule has 1 heterocycles. The third-order valence-electron chi connectivity index (χ3n) is 2.67. The molecule has 3 nitrogen and oxygen atoms in total. The Kier molecular flexibility index (Phi) is 4.71. The molecule has 13 heavy (non-hydrogen) atoms. The molecule has 0 atom stereocenters. The first-order valence-electron chi connectivity index (χ1n) is 4.98. The minimum atomic E-state index is -1.04. The smallest absolute Gasteiger partial charge is 0.454 e. The van der Waals surface area contributed by atoms with Crippen LogP contribution in [0, 0.1) is 0 Å². The summed E-state index contributed by atoms with van der Waals surface area (Å²) in [5.41, 5.74) is 0. The lowest BCUT2D eigenvalue weighted by atomic mass is 10.3. The molecule has 0 aromatic heterocycles. The Bertz CT molecular complexity index is 142. The summed E-state index contributed by atoms with van der Waals surface area (Å²) >= 11 is -1.04. The summed E-state index contributed by atoms with van der Waals surface area (Å²) in [6.07, 6.45) is 4.00. The third kappa shape index (κ3) is 3.57. The highest BCUT2D eigenvalue weighted by molar-refractivity contribution is 6.52. The van der Waals surface area contributed by atoms with Crippen molar-refractivity contribution in [2.24, 2.45) is 0 Å². The van der Waals surface area contributed by atoms with Gasteiger partial charge in [0.1, 0.15) is 0 Å². The molecule has 0 aliphatic carbocycles. The molecule has 76 valence electrons. The lowest BCUT2D eigenvalue weighted by Gasteiger charge is -2.31. The quantitative estimate of drug-likeness (QED) is 0.516. The minimum absolute atomic E-state index is 0.797. The standard InChI is InChI=1S/C5H10.C4H9O3.Al/c1-3-5-4-2;1-4(5,6-2)7-3;/h1-5H2;1-3H3;/q;-1;+1. The monoisotopic (exact) mass is 202 g/mol. The van der Waals surface area contributed by atoms with Crippen LogP contribution in [0.1, 0.15) is 26.2 Å². The molecular weight excluding hydrogens is 183 g/mol. The van der Waals surface area contributed by atoms with Crippen LogP contribution in [0.15, 0.2) is 0 Å². The van der Waals surface area contributed by atoms with Crippen LogP contribution < -0.4 is 0 Å². The number of rotatable bonds is 4. The van der Waals surface area contributed by atoms with E-state index in [0.717, 1.165) is 0 Å². The summed E-state index contributed by atoms with van der Waals surface area (Å²) in [6.45, 7) is 1.84. The number of ether oxygens (including phenoxy) is 2. The molecule has 0 spiro atoms. The predicted octanol–water partition coefficient (Wildman–Crippen LogP) is 2.14. The Balaban J connectivity index is 2.35. The predicted molar refractivity (Wildman–Crippen MR) is 52.7 cm³/mol. The highest BCUT2D eigenvalue weighted by Crippen LogP contribution is 2.24. The molecule has 1 saturated heterocycles. The van der Waals surface area contributed by atoms with Crippen LogP contribution in [0.4, 0.5) is 0 Å². The molecule has 1 aliphatic heterocycles. The van der Waals surface area contributed by atoms with Gasteiger partial charge in [0.25, 0.3) is 5.97 Å². The summed E-state index contributed by atoms with van der Waals surface area (Å²) in [6, 6.07) is 0. The van der Waals surface area contributed by atoms with E-state index in [1.54, 1.807) is 14.2 Å². The average Bonchev–Trinajstić information content (AvgIpc) is 2.19. The molecule has 1 fully saturated rings. The lowest BCUT2D eigenvalue weighted by molar-refractivity contribution is -0.313. The fraction of sp³-hybridized carbons (Fsp3) is 1.00. The van der Waals surface area contributed by atoms with E-state index >= 15 is 0 Å². The first-order valence-corrected chi connectivity index (χ1v) is 7.09. The average molecular weight is 202 g/mol. The van der Waals surface area contributed by atoms with Gasteiger partial charge in [-0.1, -0.05) is 29.8 Å². The van der Waals surface area contributed by atoms with E-state index in [1.807, 2.05) is 6.92 Å². The van der Waals surface area contributed by atoms with Crippen molar-refractivity contribution in [2.45, 2.75) is 42.7 Å². The van der Waals surface area contributed by atoms with Crippen LogP contribution in [0.5, 0.6) is 0 Å². The van der Waals surface area contributed by atoms with E-state index in [1.165, 1.54) is 29.8 Å². The molecule has 4 heteroatoms. The van der Waals surface area contributed by atoms with E-state index in [4.69, 9.17) is 13.3 Å². The fourth-order valence-electron chi connectivity index (χ4n) is 1.67. The van der Waals surface area contributed by atoms with E-state index < -0.39 is 20.5 Å². The molecule has 1 aliphatic rings. The molecule has 0 N–H and O–H groups in total. The molecule has 0 radical (unpaired) electrons. The summed E-state index contributed by atoms with van der Waals surface area (Å²) in [7, 11) is 3.25. The zero-order chi connectivity index (χ0) is 9.73. The molecule has 0 unspecified atom stereocenters. The molecule has 0 amide bonds. The van der Waals surface area contributed by atoms with Crippen molar-refractivity contribution in [1.82, 2.24) is 0 Å². The molecule has 0 bridgehead atoms. The first kappa shape index (κ1) is 11.5. The maximum absolute atomic E-state index is 5.87. The van der Waals surface area contributed by atoms with Gasteiger partial charge < -0.3 is 13.3 Å². The topological polar surface area (TPSA) is 27.7 Å². The minimum Gasteiger partial charge on any atom is -0.454 e. The van der Waals surface area contributed by atoms with Gasteiger partial charge in [0.15, 0.2) is 0 Å². The number of hydrogen-bond acceptors (Lipinski definition) is 3. The summed E-state index contributed by atoms with van der Waals surface area (Å²) in [5.74, 6) is -0.797. The summed E-state index contributed by atoms with van der Waals surface area (Å²) in [4.78, 5) is 0. The van der Waals surface area contributed by atoms with E-state index in [2.05, 4.69) is 0 Å². The van der Waals surface area contributed by atoms with Gasteiger partial charge in [-0.05, 0) is 0 Å². The second-order valence-corrected chi connectivity index (χ2v) is 6.28. The van der Waals surface area contributed by atoms with Crippen molar-refractivity contribution in [1.29, 1.82) is 0 Å². The highest BCUT2D eigenvalue weighted by atomic mass is 27.2. The molecule has 0 aromatic carbocycles. The zero-order valence-electron chi connectivity index (χ0n) is 8.84. The van der Waals surface area contributed by atoms with Crippen LogP contribution in [0.25, 0.3) is 0 Å². The fourth-order valence-corrected chi connectivity index (χ4v) is 4.48. The van der Waals surface area contributed by atoms with Crippen molar-refractivity contribution < 1.29 is 13.3 Å². The van der Waals surface area contributed by atoms with E-state index in [9.17, 15) is 0 Å². The first-order chi connectivity index (χ1) is 6.20. The normalized spacial score (nSPS) is 19.2. The van der Waals surface area contributed by atoms with Crippen molar-refractivity contribution in [3.8, 4) is 0 Å². The Morgan fingerprint density at radius 2 is 1.54 bits per heavy atom. The molecule has 0 saturated carbocycles. The summed E-state index contributed by atoms with van der Waals surface area (Å²) < 4.78 is 16.2. The lowest BCUT2D eigenvalue weighted by Crippen LogP contribution is -2.40.